The van der Waals surface area contributed by atoms with E-state index in [9.17, 15) is 22.4 Å². The number of esters is 1. The number of nitrogens with one attached hydrogen (secondary N) is 2. The van der Waals surface area contributed by atoms with Crippen molar-refractivity contribution in [3.8, 4) is 0 Å². The van der Waals surface area contributed by atoms with Gasteiger partial charge in [-0.05, 0) is 31.2 Å². The molecule has 10 heteroatoms. The fourth-order valence-corrected chi connectivity index (χ4v) is 3.72. The van der Waals surface area contributed by atoms with Crippen LogP contribution in [0, 0.1) is 5.82 Å². The fraction of sp³-hybridized carbons (Fsp3) is 0.167. The van der Waals surface area contributed by atoms with Gasteiger partial charge in [-0.1, -0.05) is 24.3 Å². The number of amidine groups is 1. The molecule has 0 saturated carbocycles. The van der Waals surface area contributed by atoms with Gasteiger partial charge >= 0.3 is 5.97 Å². The van der Waals surface area contributed by atoms with Crippen LogP contribution in [0.1, 0.15) is 12.5 Å². The van der Waals surface area contributed by atoms with Crippen LogP contribution >= 0.6 is 0 Å². The fourth-order valence-electron chi connectivity index (χ4n) is 2.48. The molecule has 3 rings (SSSR count). The monoisotopic (exact) mass is 405 g/mol. The number of aliphatic imine (C=N–C) groups is 1. The number of rotatable bonds is 5. The molecule has 0 aromatic heterocycles. The summed E-state index contributed by atoms with van der Waals surface area (Å²) in [5.74, 6) is -2.14. The molecule has 0 unspecified atom stereocenters. The van der Waals surface area contributed by atoms with Crippen LogP contribution in [0.3, 0.4) is 0 Å². The molecular weight excluding hydrogens is 389 g/mol. The SMILES string of the molecule is C[C@H](N=C1NS(=O)(=O)c2ccccc21)C(=O)OCC(=O)Nc1ccccc1F. The number of nitrogens with zero attached hydrogens (tertiary/aromatic N) is 1. The Hall–Kier alpha value is -3.27. The number of hydrogen-bond donors (Lipinski definition) is 2. The average molecular weight is 405 g/mol. The Bertz CT molecular complexity index is 1070. The van der Waals surface area contributed by atoms with Gasteiger partial charge in [0.05, 0.1) is 10.6 Å². The second-order valence-corrected chi connectivity index (χ2v) is 7.54. The maximum Gasteiger partial charge on any atom is 0.331 e. The lowest BCUT2D eigenvalue weighted by molar-refractivity contribution is -0.148. The maximum absolute atomic E-state index is 13.5. The van der Waals surface area contributed by atoms with Crippen molar-refractivity contribution in [1.82, 2.24) is 4.72 Å². The number of anilines is 1. The molecule has 0 aliphatic carbocycles. The minimum atomic E-state index is -3.72. The molecule has 2 aromatic carbocycles. The Morgan fingerprint density at radius 2 is 1.86 bits per heavy atom. The Morgan fingerprint density at radius 3 is 2.61 bits per heavy atom. The zero-order valence-electron chi connectivity index (χ0n) is 14.7. The van der Waals surface area contributed by atoms with Gasteiger partial charge in [0.2, 0.25) is 0 Å². The Labute approximate surface area is 160 Å². The molecule has 0 fully saturated rings. The average Bonchev–Trinajstić information content (AvgIpc) is 2.92. The van der Waals surface area contributed by atoms with E-state index >= 15 is 0 Å². The second kappa shape index (κ2) is 7.77. The van der Waals surface area contributed by atoms with E-state index in [4.69, 9.17) is 4.74 Å². The highest BCUT2D eigenvalue weighted by molar-refractivity contribution is 7.90. The van der Waals surface area contributed by atoms with Crippen molar-refractivity contribution in [1.29, 1.82) is 0 Å². The van der Waals surface area contributed by atoms with E-state index in [1.165, 1.54) is 31.2 Å². The first kappa shape index (κ1) is 19.5. The number of sulfonamides is 1. The molecule has 28 heavy (non-hydrogen) atoms. The highest BCUT2D eigenvalue weighted by Crippen LogP contribution is 2.22. The molecule has 146 valence electrons. The summed E-state index contributed by atoms with van der Waals surface area (Å²) in [6.45, 7) is 0.768. The first-order valence-corrected chi connectivity index (χ1v) is 9.67. The van der Waals surface area contributed by atoms with Gasteiger partial charge in [-0.2, -0.15) is 0 Å². The molecular formula is C18H16FN3O5S. The lowest BCUT2D eigenvalue weighted by Crippen LogP contribution is -2.29. The summed E-state index contributed by atoms with van der Waals surface area (Å²) in [6, 6.07) is 10.7. The number of carbonyl (C=O) groups is 2. The predicted octanol–water partition coefficient (Wildman–Crippen LogP) is 1.43. The smallest absolute Gasteiger partial charge is 0.331 e. The van der Waals surface area contributed by atoms with Crippen molar-refractivity contribution >= 4 is 33.4 Å². The third-order valence-electron chi connectivity index (χ3n) is 3.82. The van der Waals surface area contributed by atoms with Crippen molar-refractivity contribution in [2.45, 2.75) is 17.9 Å². The van der Waals surface area contributed by atoms with E-state index < -0.39 is 40.4 Å². The largest absolute Gasteiger partial charge is 0.454 e. The lowest BCUT2D eigenvalue weighted by Gasteiger charge is -2.10. The van der Waals surface area contributed by atoms with Gasteiger partial charge < -0.3 is 10.1 Å². The molecule has 1 aliphatic heterocycles. The Balaban J connectivity index is 1.62. The molecule has 1 amide bonds. The van der Waals surface area contributed by atoms with Crippen molar-refractivity contribution in [2.75, 3.05) is 11.9 Å². The van der Waals surface area contributed by atoms with Gasteiger partial charge in [-0.25, -0.2) is 17.6 Å². The Kier molecular flexibility index (Phi) is 5.41. The van der Waals surface area contributed by atoms with E-state index in [1.807, 2.05) is 0 Å². The number of para-hydroxylation sites is 1. The van der Waals surface area contributed by atoms with Crippen LogP contribution in [-0.2, 0) is 24.3 Å². The van der Waals surface area contributed by atoms with Crippen LogP contribution in [0.2, 0.25) is 0 Å². The summed E-state index contributed by atoms with van der Waals surface area (Å²) in [6.07, 6.45) is 0. The number of ether oxygens (including phenoxy) is 1. The van der Waals surface area contributed by atoms with Crippen LogP contribution in [0.5, 0.6) is 0 Å². The number of carbonyl (C=O) groups excluding carboxylic acids is 2. The summed E-state index contributed by atoms with van der Waals surface area (Å²) in [7, 11) is -3.72. The van der Waals surface area contributed by atoms with Crippen molar-refractivity contribution in [3.05, 3.63) is 59.9 Å². The van der Waals surface area contributed by atoms with E-state index in [0.717, 1.165) is 0 Å². The third-order valence-corrected chi connectivity index (χ3v) is 5.22. The third kappa shape index (κ3) is 4.17. The van der Waals surface area contributed by atoms with Gasteiger partial charge in [0, 0.05) is 5.56 Å². The molecule has 2 N–H and O–H groups in total. The minimum Gasteiger partial charge on any atom is -0.454 e. The van der Waals surface area contributed by atoms with Crippen molar-refractivity contribution < 1.29 is 27.1 Å². The number of hydrogen-bond acceptors (Lipinski definition) is 6. The van der Waals surface area contributed by atoms with Crippen molar-refractivity contribution in [2.24, 2.45) is 4.99 Å². The zero-order valence-corrected chi connectivity index (χ0v) is 15.5. The molecule has 1 heterocycles. The number of amides is 1. The molecule has 2 aromatic rings. The van der Waals surface area contributed by atoms with Gasteiger partial charge in [0.15, 0.2) is 6.61 Å². The summed E-state index contributed by atoms with van der Waals surface area (Å²) in [4.78, 5) is 28.0. The molecule has 0 saturated heterocycles. The van der Waals surface area contributed by atoms with Gasteiger partial charge in [-0.3, -0.25) is 14.5 Å². The van der Waals surface area contributed by atoms with Crippen LogP contribution in [-0.4, -0.2) is 38.8 Å². The highest BCUT2D eigenvalue weighted by Gasteiger charge is 2.31. The molecule has 0 spiro atoms. The van der Waals surface area contributed by atoms with Crippen LogP contribution in [0.4, 0.5) is 10.1 Å². The summed E-state index contributed by atoms with van der Waals surface area (Å²) >= 11 is 0. The number of benzene rings is 2. The first-order chi connectivity index (χ1) is 13.3. The number of halogens is 1. The van der Waals surface area contributed by atoms with E-state index in [2.05, 4.69) is 15.0 Å². The molecule has 1 atom stereocenters. The molecule has 1 aliphatic rings. The minimum absolute atomic E-state index is 0.0239. The van der Waals surface area contributed by atoms with Crippen LogP contribution in [0.15, 0.2) is 58.4 Å². The van der Waals surface area contributed by atoms with E-state index in [-0.39, 0.29) is 16.4 Å². The first-order valence-electron chi connectivity index (χ1n) is 8.19. The topological polar surface area (TPSA) is 114 Å². The van der Waals surface area contributed by atoms with Gasteiger partial charge in [0.25, 0.3) is 15.9 Å². The number of fused-ring (bicyclic) bond motifs is 1. The zero-order chi connectivity index (χ0) is 20.3. The second-order valence-electron chi connectivity index (χ2n) is 5.89. The van der Waals surface area contributed by atoms with Gasteiger partial charge in [-0.15, -0.1) is 0 Å². The van der Waals surface area contributed by atoms with Crippen molar-refractivity contribution in [3.63, 3.8) is 0 Å². The molecule has 0 bridgehead atoms. The maximum atomic E-state index is 13.5. The normalized spacial score (nSPS) is 16.7. The Morgan fingerprint density at radius 1 is 1.18 bits per heavy atom. The summed E-state index contributed by atoms with van der Waals surface area (Å²) in [5.41, 5.74) is 0.313. The van der Waals surface area contributed by atoms with E-state index in [1.54, 1.807) is 24.3 Å². The van der Waals surface area contributed by atoms with Crippen LogP contribution in [0.25, 0.3) is 0 Å². The van der Waals surface area contributed by atoms with Gasteiger partial charge in [0.1, 0.15) is 17.7 Å². The molecule has 8 nitrogen and oxygen atoms in total. The van der Waals surface area contributed by atoms with Crippen LogP contribution < -0.4 is 10.0 Å². The quantitative estimate of drug-likeness (QED) is 0.731. The highest BCUT2D eigenvalue weighted by atomic mass is 32.2. The van der Waals surface area contributed by atoms with E-state index in [0.29, 0.717) is 5.56 Å². The molecule has 0 radical (unpaired) electrons. The summed E-state index contributed by atoms with van der Waals surface area (Å²) in [5, 5.41) is 2.28. The predicted molar refractivity (Wildman–Crippen MR) is 98.8 cm³/mol. The summed E-state index contributed by atoms with van der Waals surface area (Å²) < 4.78 is 44.7. The lowest BCUT2D eigenvalue weighted by atomic mass is 10.2. The standard InChI is InChI=1S/C18H16FN3O5S/c1-11(20-17-12-6-2-5-9-15(12)28(25,26)22-17)18(24)27-10-16(23)21-14-8-4-3-7-13(14)19/h2-9,11H,10H2,1H3,(H,20,22)(H,21,23)/t11-/m0/s1.